The number of hydrogen-bond donors (Lipinski definition) is 1. The predicted molar refractivity (Wildman–Crippen MR) is 114 cm³/mol. The summed E-state index contributed by atoms with van der Waals surface area (Å²) < 4.78 is 21.5. The minimum Gasteiger partial charge on any atom is -0.772 e. The Morgan fingerprint density at radius 1 is 1.10 bits per heavy atom. The van der Waals surface area contributed by atoms with Gasteiger partial charge in [-0.3, -0.25) is 18.8 Å². The van der Waals surface area contributed by atoms with Crippen LogP contribution in [0, 0.1) is 0 Å². The van der Waals surface area contributed by atoms with Crippen LogP contribution in [0.2, 0.25) is 0 Å². The molecule has 3 unspecified atom stereocenters. The molecule has 0 bridgehead atoms. The van der Waals surface area contributed by atoms with Crippen molar-refractivity contribution in [3.8, 4) is 0 Å². The van der Waals surface area contributed by atoms with Gasteiger partial charge in [0, 0.05) is 18.5 Å². The summed E-state index contributed by atoms with van der Waals surface area (Å²) in [7, 11) is 1.45. The van der Waals surface area contributed by atoms with Crippen molar-refractivity contribution in [2.24, 2.45) is 0 Å². The van der Waals surface area contributed by atoms with E-state index in [1.165, 1.54) is 11.9 Å². The fraction of sp³-hybridized carbons (Fsp3) is 0.364. The molecule has 1 fully saturated rings. The van der Waals surface area contributed by atoms with Gasteiger partial charge in [-0.25, -0.2) is 4.79 Å². The quantitative estimate of drug-likeness (QED) is 0.513. The van der Waals surface area contributed by atoms with Crippen LogP contribution in [0.25, 0.3) is 0 Å². The van der Waals surface area contributed by atoms with Gasteiger partial charge in [-0.05, 0) is 41.7 Å². The van der Waals surface area contributed by atoms with Crippen molar-refractivity contribution in [2.45, 2.75) is 38.3 Å². The predicted octanol–water partition coefficient (Wildman–Crippen LogP) is 3.08. The molecule has 3 atom stereocenters. The summed E-state index contributed by atoms with van der Waals surface area (Å²) in [5.74, 6) is -0.297. The molecule has 0 radical (unpaired) electrons. The van der Waals surface area contributed by atoms with E-state index in [1.54, 1.807) is 48.5 Å². The van der Waals surface area contributed by atoms with Crippen LogP contribution in [0.4, 0.5) is 10.5 Å². The first kappa shape index (κ1) is 22.1. The fourth-order valence-electron chi connectivity index (χ4n) is 3.58. The number of hydrogen-bond acceptors (Lipinski definition) is 5. The van der Waals surface area contributed by atoms with Gasteiger partial charge < -0.3 is 9.66 Å². The maximum atomic E-state index is 12.8. The fourth-order valence-corrected chi connectivity index (χ4v) is 3.98. The standard InChI is InChI=1S/C22H26N2O5S/c1-3-4-19(25)16-9-11-18(12-10-16)24-20(21(26)23(2)22(24)27)17-7-5-15(6-8-17)13-14-30(28)29/h5-12,19-20,25H,3-4,13-14H2,1-2H3,(H,28,29)/p-1. The van der Waals surface area contributed by atoms with Crippen molar-refractivity contribution in [3.05, 3.63) is 65.2 Å². The summed E-state index contributed by atoms with van der Waals surface area (Å²) in [6.45, 7) is 2.00. The van der Waals surface area contributed by atoms with Gasteiger partial charge in [0.1, 0.15) is 6.04 Å². The van der Waals surface area contributed by atoms with Gasteiger partial charge in [0.25, 0.3) is 5.91 Å². The van der Waals surface area contributed by atoms with E-state index >= 15 is 0 Å². The van der Waals surface area contributed by atoms with E-state index in [4.69, 9.17) is 0 Å². The zero-order valence-corrected chi connectivity index (χ0v) is 17.8. The highest BCUT2D eigenvalue weighted by Crippen LogP contribution is 2.35. The second kappa shape index (κ2) is 9.51. The van der Waals surface area contributed by atoms with E-state index in [1.807, 2.05) is 6.92 Å². The van der Waals surface area contributed by atoms with Crippen LogP contribution < -0.4 is 4.90 Å². The van der Waals surface area contributed by atoms with Crippen LogP contribution >= 0.6 is 0 Å². The number of aliphatic hydroxyl groups excluding tert-OH is 1. The highest BCUT2D eigenvalue weighted by atomic mass is 32.2. The number of imide groups is 1. The molecule has 7 nitrogen and oxygen atoms in total. The van der Waals surface area contributed by atoms with Crippen LogP contribution in [0.5, 0.6) is 0 Å². The Morgan fingerprint density at radius 3 is 2.30 bits per heavy atom. The Labute approximate surface area is 178 Å². The first-order valence-corrected chi connectivity index (χ1v) is 11.1. The molecule has 2 aromatic carbocycles. The maximum absolute atomic E-state index is 12.8. The lowest BCUT2D eigenvalue weighted by molar-refractivity contribution is -0.126. The van der Waals surface area contributed by atoms with Crippen LogP contribution in [-0.4, -0.2) is 43.5 Å². The third-order valence-electron chi connectivity index (χ3n) is 5.29. The van der Waals surface area contributed by atoms with Gasteiger partial charge in [-0.1, -0.05) is 60.8 Å². The summed E-state index contributed by atoms with van der Waals surface area (Å²) in [5.41, 5.74) is 2.83. The van der Waals surface area contributed by atoms with Gasteiger partial charge >= 0.3 is 6.03 Å². The number of nitrogens with zero attached hydrogens (tertiary/aromatic N) is 2. The second-order valence-corrected chi connectivity index (χ2v) is 8.36. The van der Waals surface area contributed by atoms with E-state index < -0.39 is 29.3 Å². The number of carbonyl (C=O) groups is 2. The molecular weight excluding hydrogens is 404 g/mol. The highest BCUT2D eigenvalue weighted by molar-refractivity contribution is 7.79. The van der Waals surface area contributed by atoms with Crippen LogP contribution in [0.3, 0.4) is 0 Å². The van der Waals surface area contributed by atoms with E-state index in [2.05, 4.69) is 0 Å². The average Bonchev–Trinajstić information content (AvgIpc) is 2.97. The van der Waals surface area contributed by atoms with Crippen LogP contribution in [-0.2, 0) is 22.3 Å². The number of urea groups is 1. The Hall–Kier alpha value is -2.55. The molecule has 3 amide bonds. The zero-order chi connectivity index (χ0) is 21.8. The van der Waals surface area contributed by atoms with E-state index in [9.17, 15) is 23.5 Å². The molecule has 3 rings (SSSR count). The van der Waals surface area contributed by atoms with Gasteiger partial charge in [0.2, 0.25) is 0 Å². The number of anilines is 1. The van der Waals surface area contributed by atoms with E-state index in [-0.39, 0.29) is 11.7 Å². The molecule has 0 spiro atoms. The Bertz CT molecular complexity index is 930. The Kier molecular flexibility index (Phi) is 7.02. The number of aryl methyl sites for hydroxylation is 1. The van der Waals surface area contributed by atoms with E-state index in [0.717, 1.165) is 22.4 Å². The summed E-state index contributed by atoms with van der Waals surface area (Å²) in [4.78, 5) is 28.1. The topological polar surface area (TPSA) is 101 Å². The number of benzene rings is 2. The lowest BCUT2D eigenvalue weighted by Gasteiger charge is -2.23. The molecule has 160 valence electrons. The molecule has 30 heavy (non-hydrogen) atoms. The van der Waals surface area contributed by atoms with Crippen molar-refractivity contribution in [1.82, 2.24) is 4.90 Å². The van der Waals surface area contributed by atoms with Crippen molar-refractivity contribution < 1.29 is 23.5 Å². The third-order valence-corrected chi connectivity index (χ3v) is 5.82. The Morgan fingerprint density at radius 2 is 1.73 bits per heavy atom. The second-order valence-electron chi connectivity index (χ2n) is 7.35. The lowest BCUT2D eigenvalue weighted by atomic mass is 10.0. The molecule has 1 N–H and O–H groups in total. The Balaban J connectivity index is 1.88. The van der Waals surface area contributed by atoms with Crippen molar-refractivity contribution in [2.75, 3.05) is 17.7 Å². The monoisotopic (exact) mass is 429 g/mol. The first-order chi connectivity index (χ1) is 14.3. The van der Waals surface area contributed by atoms with Crippen LogP contribution in [0.1, 0.15) is 48.6 Å². The molecule has 0 aliphatic carbocycles. The summed E-state index contributed by atoms with van der Waals surface area (Å²) in [5, 5.41) is 10.2. The molecule has 8 heteroatoms. The minimum atomic E-state index is -2.11. The molecule has 1 heterocycles. The summed E-state index contributed by atoms with van der Waals surface area (Å²) in [6, 6.07) is 12.9. The van der Waals surface area contributed by atoms with Crippen molar-refractivity contribution in [3.63, 3.8) is 0 Å². The van der Waals surface area contributed by atoms with Gasteiger partial charge in [-0.2, -0.15) is 0 Å². The van der Waals surface area contributed by atoms with Crippen LogP contribution in [0.15, 0.2) is 48.5 Å². The number of carbonyl (C=O) groups excluding carboxylic acids is 2. The minimum absolute atomic E-state index is 0.0330. The SMILES string of the molecule is CCCC(O)c1ccc(N2C(=O)N(C)C(=O)C2c2ccc(CCS(=O)[O-])cc2)cc1. The zero-order valence-electron chi connectivity index (χ0n) is 17.0. The smallest absolute Gasteiger partial charge is 0.332 e. The van der Waals surface area contributed by atoms with Crippen molar-refractivity contribution >= 4 is 28.7 Å². The largest absolute Gasteiger partial charge is 0.772 e. The molecule has 1 aliphatic heterocycles. The summed E-state index contributed by atoms with van der Waals surface area (Å²) >= 11 is -2.11. The van der Waals surface area contributed by atoms with E-state index in [0.29, 0.717) is 24.1 Å². The first-order valence-electron chi connectivity index (χ1n) is 9.87. The number of aliphatic hydroxyl groups is 1. The molecule has 1 aliphatic rings. The number of likely N-dealkylation sites (N-methyl/N-ethyl adjacent to an activating group) is 1. The van der Waals surface area contributed by atoms with Gasteiger partial charge in [-0.15, -0.1) is 0 Å². The van der Waals surface area contributed by atoms with Gasteiger partial charge in [0.15, 0.2) is 0 Å². The molecule has 0 saturated carbocycles. The maximum Gasteiger partial charge on any atom is 0.332 e. The molecule has 2 aromatic rings. The summed E-state index contributed by atoms with van der Waals surface area (Å²) in [6.07, 6.45) is 1.33. The lowest BCUT2D eigenvalue weighted by Crippen LogP contribution is -2.30. The number of rotatable bonds is 8. The highest BCUT2D eigenvalue weighted by Gasteiger charge is 2.44. The van der Waals surface area contributed by atoms with Crippen molar-refractivity contribution in [1.29, 1.82) is 0 Å². The molecule has 1 saturated heterocycles. The molecule has 0 aromatic heterocycles. The average molecular weight is 430 g/mol. The normalized spacial score (nSPS) is 18.7. The number of amides is 3. The molecular formula is C22H25N2O5S-. The van der Waals surface area contributed by atoms with Gasteiger partial charge in [0.05, 0.1) is 6.10 Å². The third kappa shape index (κ3) is 4.61.